The Morgan fingerprint density at radius 1 is 1.40 bits per heavy atom. The Morgan fingerprint density at radius 3 is 2.55 bits per heavy atom. The number of nitrogens with zero attached hydrogens (tertiary/aromatic N) is 1. The molecule has 0 saturated heterocycles. The summed E-state index contributed by atoms with van der Waals surface area (Å²) in [6, 6.07) is 2.95. The van der Waals surface area contributed by atoms with E-state index in [2.05, 4.69) is 0 Å². The van der Waals surface area contributed by atoms with Gasteiger partial charge >= 0.3 is 0 Å². The monoisotopic (exact) mass is 320 g/mol. The van der Waals surface area contributed by atoms with Crippen LogP contribution in [0.2, 0.25) is 5.02 Å². The van der Waals surface area contributed by atoms with Crippen molar-refractivity contribution in [3.63, 3.8) is 0 Å². The molecule has 1 rings (SSSR count). The van der Waals surface area contributed by atoms with Gasteiger partial charge in [-0.15, -0.1) is 0 Å². The van der Waals surface area contributed by atoms with Crippen LogP contribution in [0, 0.1) is 6.92 Å². The lowest BCUT2D eigenvalue weighted by Crippen LogP contribution is -2.31. The Balaban J connectivity index is 2.96. The third-order valence-corrected chi connectivity index (χ3v) is 5.19. The van der Waals surface area contributed by atoms with Gasteiger partial charge in [0.2, 0.25) is 10.0 Å². The summed E-state index contributed by atoms with van der Waals surface area (Å²) in [5.74, 6) is 0. The lowest BCUT2D eigenvalue weighted by molar-refractivity contribution is 0.0737. The van der Waals surface area contributed by atoms with Gasteiger partial charge in [-0.2, -0.15) is 4.31 Å². The quantitative estimate of drug-likeness (QED) is 0.816. The van der Waals surface area contributed by atoms with Crippen molar-refractivity contribution in [2.24, 2.45) is 0 Å². The number of aryl methyl sites for hydroxylation is 1. The molecule has 114 valence electrons. The number of halogens is 1. The maximum absolute atomic E-state index is 12.4. The van der Waals surface area contributed by atoms with Gasteiger partial charge in [0.1, 0.15) is 4.90 Å². The normalized spacial score (nSPS) is 12.3. The summed E-state index contributed by atoms with van der Waals surface area (Å²) in [5.41, 5.74) is 6.91. The number of likely N-dealkylation sites (N-methyl/N-ethyl adjacent to an activating group) is 1. The fourth-order valence-electron chi connectivity index (χ4n) is 1.57. The van der Waals surface area contributed by atoms with Gasteiger partial charge in [-0.3, -0.25) is 0 Å². The highest BCUT2D eigenvalue weighted by molar-refractivity contribution is 7.89. The molecule has 2 N–H and O–H groups in total. The lowest BCUT2D eigenvalue weighted by Gasteiger charge is -2.19. The van der Waals surface area contributed by atoms with E-state index in [1.54, 1.807) is 13.0 Å². The van der Waals surface area contributed by atoms with Crippen molar-refractivity contribution in [1.82, 2.24) is 4.31 Å². The van der Waals surface area contributed by atoms with E-state index in [0.29, 0.717) is 12.3 Å². The molecular formula is C13H21ClN2O3S. The molecule has 0 saturated carbocycles. The number of rotatable bonds is 6. The summed E-state index contributed by atoms with van der Waals surface area (Å²) in [6.07, 6.45) is 0.0599. The van der Waals surface area contributed by atoms with Crippen LogP contribution in [0.3, 0.4) is 0 Å². The van der Waals surface area contributed by atoms with E-state index in [1.807, 2.05) is 13.8 Å². The van der Waals surface area contributed by atoms with E-state index < -0.39 is 10.0 Å². The Kier molecular flexibility index (Phi) is 5.82. The predicted octanol–water partition coefficient (Wildman–Crippen LogP) is 2.28. The summed E-state index contributed by atoms with van der Waals surface area (Å²) in [5, 5.41) is 0.174. The molecule has 20 heavy (non-hydrogen) atoms. The van der Waals surface area contributed by atoms with Crippen LogP contribution in [0.4, 0.5) is 5.69 Å². The second-order valence-corrected chi connectivity index (χ2v) is 7.31. The summed E-state index contributed by atoms with van der Waals surface area (Å²) >= 11 is 6.02. The van der Waals surface area contributed by atoms with E-state index in [0.717, 1.165) is 5.56 Å². The van der Waals surface area contributed by atoms with Crippen molar-refractivity contribution in [3.8, 4) is 0 Å². The van der Waals surface area contributed by atoms with Crippen LogP contribution >= 0.6 is 11.6 Å². The summed E-state index contributed by atoms with van der Waals surface area (Å²) in [4.78, 5) is 0.0225. The van der Waals surface area contributed by atoms with Crippen molar-refractivity contribution in [3.05, 3.63) is 22.7 Å². The first-order valence-corrected chi connectivity index (χ1v) is 8.11. The van der Waals surface area contributed by atoms with E-state index in [4.69, 9.17) is 22.1 Å². The molecular weight excluding hydrogens is 300 g/mol. The zero-order valence-corrected chi connectivity index (χ0v) is 13.8. The molecule has 0 aliphatic carbocycles. The standard InChI is InChI=1S/C13H21ClN2O3S/c1-9(2)19-6-5-16(4)20(17,18)13-8-12(15)10(3)7-11(13)14/h7-9H,5-6,15H2,1-4H3. The number of benzene rings is 1. The third kappa shape index (κ3) is 4.09. The number of nitrogens with two attached hydrogens (primary N) is 1. The zero-order chi connectivity index (χ0) is 15.5. The van der Waals surface area contributed by atoms with Crippen molar-refractivity contribution in [1.29, 1.82) is 0 Å². The SMILES string of the molecule is Cc1cc(Cl)c(S(=O)(=O)N(C)CCOC(C)C)cc1N. The lowest BCUT2D eigenvalue weighted by atomic mass is 10.2. The first-order valence-electron chi connectivity index (χ1n) is 6.29. The van der Waals surface area contributed by atoms with Crippen LogP contribution in [-0.2, 0) is 14.8 Å². The van der Waals surface area contributed by atoms with Gasteiger partial charge in [0.15, 0.2) is 0 Å². The van der Waals surface area contributed by atoms with E-state index in [9.17, 15) is 8.42 Å². The smallest absolute Gasteiger partial charge is 0.244 e. The molecule has 0 aliphatic rings. The zero-order valence-electron chi connectivity index (χ0n) is 12.2. The molecule has 0 fully saturated rings. The second-order valence-electron chi connectivity index (χ2n) is 4.89. The Morgan fingerprint density at radius 2 is 2.00 bits per heavy atom. The average Bonchev–Trinajstić information content (AvgIpc) is 2.32. The summed E-state index contributed by atoms with van der Waals surface area (Å²) < 4.78 is 31.4. The molecule has 1 aromatic rings. The summed E-state index contributed by atoms with van der Waals surface area (Å²) in [6.45, 7) is 6.15. The molecule has 5 nitrogen and oxygen atoms in total. The number of sulfonamides is 1. The fraction of sp³-hybridized carbons (Fsp3) is 0.538. The fourth-order valence-corrected chi connectivity index (χ4v) is 3.31. The number of hydrogen-bond donors (Lipinski definition) is 1. The Hall–Kier alpha value is -0.820. The van der Waals surface area contributed by atoms with Crippen LogP contribution in [0.25, 0.3) is 0 Å². The van der Waals surface area contributed by atoms with Crippen LogP contribution in [0.15, 0.2) is 17.0 Å². The van der Waals surface area contributed by atoms with Crippen LogP contribution in [0.1, 0.15) is 19.4 Å². The largest absolute Gasteiger partial charge is 0.398 e. The maximum Gasteiger partial charge on any atom is 0.244 e. The van der Waals surface area contributed by atoms with Gasteiger partial charge in [0.05, 0.1) is 17.7 Å². The average molecular weight is 321 g/mol. The molecule has 0 unspecified atom stereocenters. The highest BCUT2D eigenvalue weighted by atomic mass is 35.5. The molecule has 0 aliphatic heterocycles. The molecule has 7 heteroatoms. The van der Waals surface area contributed by atoms with Crippen LogP contribution in [-0.4, -0.2) is 39.0 Å². The van der Waals surface area contributed by atoms with Gasteiger partial charge in [-0.25, -0.2) is 8.42 Å². The Bertz CT molecular complexity index is 573. The molecule has 1 aromatic carbocycles. The maximum atomic E-state index is 12.4. The van der Waals surface area contributed by atoms with Gasteiger partial charge in [0.25, 0.3) is 0 Å². The van der Waals surface area contributed by atoms with E-state index >= 15 is 0 Å². The minimum absolute atomic E-state index is 0.0225. The van der Waals surface area contributed by atoms with E-state index in [-0.39, 0.29) is 22.6 Å². The van der Waals surface area contributed by atoms with Gasteiger partial charge in [-0.05, 0) is 38.5 Å². The van der Waals surface area contributed by atoms with Gasteiger partial charge in [-0.1, -0.05) is 11.6 Å². The van der Waals surface area contributed by atoms with Crippen molar-refractivity contribution < 1.29 is 13.2 Å². The molecule has 0 atom stereocenters. The minimum Gasteiger partial charge on any atom is -0.398 e. The second kappa shape index (κ2) is 6.76. The number of anilines is 1. The van der Waals surface area contributed by atoms with Crippen LogP contribution in [0.5, 0.6) is 0 Å². The Labute approximate surface area is 125 Å². The van der Waals surface area contributed by atoms with Gasteiger partial charge < -0.3 is 10.5 Å². The molecule has 0 radical (unpaired) electrons. The van der Waals surface area contributed by atoms with Crippen molar-refractivity contribution in [2.45, 2.75) is 31.8 Å². The molecule has 0 amide bonds. The van der Waals surface area contributed by atoms with Gasteiger partial charge in [0, 0.05) is 19.3 Å². The third-order valence-electron chi connectivity index (χ3n) is 2.87. The molecule has 0 heterocycles. The van der Waals surface area contributed by atoms with Crippen molar-refractivity contribution >= 4 is 27.3 Å². The number of ether oxygens (including phenoxy) is 1. The highest BCUT2D eigenvalue weighted by Gasteiger charge is 2.24. The minimum atomic E-state index is -3.67. The van der Waals surface area contributed by atoms with E-state index in [1.165, 1.54) is 17.4 Å². The first kappa shape index (κ1) is 17.2. The molecule has 0 aromatic heterocycles. The number of nitrogen functional groups attached to an aromatic ring is 1. The highest BCUT2D eigenvalue weighted by Crippen LogP contribution is 2.28. The molecule has 0 bridgehead atoms. The molecule has 0 spiro atoms. The van der Waals surface area contributed by atoms with Crippen molar-refractivity contribution in [2.75, 3.05) is 25.9 Å². The predicted molar refractivity (Wildman–Crippen MR) is 81.5 cm³/mol. The number of hydrogen-bond acceptors (Lipinski definition) is 4. The van der Waals surface area contributed by atoms with Crippen LogP contribution < -0.4 is 5.73 Å². The topological polar surface area (TPSA) is 72.6 Å². The first-order chi connectivity index (χ1) is 9.16. The summed E-state index contributed by atoms with van der Waals surface area (Å²) in [7, 11) is -2.17.